The average molecular weight is 272 g/mol. The molecule has 0 radical (unpaired) electrons. The van der Waals surface area contributed by atoms with Crippen LogP contribution in [-0.2, 0) is 4.79 Å². The number of hydrogen-bond donors (Lipinski definition) is 1. The molecule has 0 saturated carbocycles. The van der Waals surface area contributed by atoms with Gasteiger partial charge in [0, 0.05) is 17.9 Å². The van der Waals surface area contributed by atoms with E-state index in [9.17, 15) is 4.79 Å². The average Bonchev–Trinajstić information content (AvgIpc) is 2.69. The Morgan fingerprint density at radius 1 is 1.65 bits per heavy atom. The lowest BCUT2D eigenvalue weighted by Crippen LogP contribution is -2.17. The lowest BCUT2D eigenvalue weighted by Gasteiger charge is -2.25. The maximum absolute atomic E-state index is 10.6. The molecule has 0 atom stereocenters. The molecule has 2 rings (SSSR count). The van der Waals surface area contributed by atoms with Crippen molar-refractivity contribution in [3.8, 4) is 0 Å². The van der Waals surface area contributed by atoms with Gasteiger partial charge in [0.25, 0.3) is 0 Å². The van der Waals surface area contributed by atoms with Gasteiger partial charge in [0.2, 0.25) is 0 Å². The van der Waals surface area contributed by atoms with Crippen LogP contribution in [0.25, 0.3) is 0 Å². The molecule has 1 saturated heterocycles. The lowest BCUT2D eigenvalue weighted by atomic mass is 10.1. The Bertz CT molecular complexity index is 400. The van der Waals surface area contributed by atoms with Crippen LogP contribution in [0, 0.1) is 6.92 Å². The molecular weight excluding hydrogens is 256 g/mol. The summed E-state index contributed by atoms with van der Waals surface area (Å²) in [6, 6.07) is 0.495. The van der Waals surface area contributed by atoms with Gasteiger partial charge in [-0.05, 0) is 31.3 Å². The third-order valence-electron chi connectivity index (χ3n) is 2.83. The minimum absolute atomic E-state index is 0.0813. The molecule has 17 heavy (non-hydrogen) atoms. The molecule has 1 aromatic heterocycles. The molecule has 1 aromatic rings. The molecule has 6 heteroatoms. The molecule has 0 bridgehead atoms. The molecule has 2 heterocycles. The zero-order valence-electron chi connectivity index (χ0n) is 9.76. The van der Waals surface area contributed by atoms with Crippen molar-refractivity contribution in [1.29, 1.82) is 0 Å². The Kier molecular flexibility index (Phi) is 4.39. The van der Waals surface area contributed by atoms with E-state index < -0.39 is 5.97 Å². The van der Waals surface area contributed by atoms with E-state index in [4.69, 9.17) is 5.11 Å². The van der Waals surface area contributed by atoms with E-state index in [2.05, 4.69) is 9.55 Å². The normalized spacial score (nSPS) is 17.2. The summed E-state index contributed by atoms with van der Waals surface area (Å²) >= 11 is 3.31. The zero-order valence-corrected chi connectivity index (χ0v) is 11.4. The number of carbonyl (C=O) groups is 1. The molecule has 0 unspecified atom stereocenters. The van der Waals surface area contributed by atoms with Crippen LogP contribution < -0.4 is 0 Å². The monoisotopic (exact) mass is 272 g/mol. The van der Waals surface area contributed by atoms with E-state index in [0.29, 0.717) is 6.04 Å². The minimum Gasteiger partial charge on any atom is -0.481 e. The molecule has 1 N–H and O–H groups in total. The highest BCUT2D eigenvalue weighted by molar-refractivity contribution is 7.99. The van der Waals surface area contributed by atoms with Gasteiger partial charge in [-0.2, -0.15) is 11.8 Å². The zero-order chi connectivity index (χ0) is 12.3. The van der Waals surface area contributed by atoms with Crippen molar-refractivity contribution in [1.82, 2.24) is 9.55 Å². The highest BCUT2D eigenvalue weighted by Gasteiger charge is 2.20. The number of imidazole rings is 1. The van der Waals surface area contributed by atoms with E-state index in [1.165, 1.54) is 23.3 Å². The number of aromatic nitrogens is 2. The molecule has 0 aliphatic carbocycles. The number of rotatable bonds is 4. The van der Waals surface area contributed by atoms with Crippen molar-refractivity contribution >= 4 is 29.5 Å². The van der Waals surface area contributed by atoms with E-state index in [1.54, 1.807) is 0 Å². The van der Waals surface area contributed by atoms with Crippen molar-refractivity contribution in [2.75, 3.05) is 17.3 Å². The largest absolute Gasteiger partial charge is 0.481 e. The molecule has 0 spiro atoms. The van der Waals surface area contributed by atoms with Crippen molar-refractivity contribution in [3.63, 3.8) is 0 Å². The van der Waals surface area contributed by atoms with Gasteiger partial charge >= 0.3 is 5.97 Å². The van der Waals surface area contributed by atoms with Crippen LogP contribution in [-0.4, -0.2) is 37.9 Å². The molecule has 94 valence electrons. The van der Waals surface area contributed by atoms with Crippen LogP contribution in [0.15, 0.2) is 11.4 Å². The Balaban J connectivity index is 2.13. The van der Waals surface area contributed by atoms with Crippen molar-refractivity contribution in [3.05, 3.63) is 11.9 Å². The molecule has 1 fully saturated rings. The van der Waals surface area contributed by atoms with Crippen molar-refractivity contribution in [2.24, 2.45) is 0 Å². The van der Waals surface area contributed by atoms with Gasteiger partial charge in [-0.3, -0.25) is 4.79 Å². The fourth-order valence-electron chi connectivity index (χ4n) is 2.04. The van der Waals surface area contributed by atoms with Crippen molar-refractivity contribution in [2.45, 2.75) is 31.0 Å². The molecule has 0 aromatic carbocycles. The SMILES string of the molecule is Cc1cnc(SCC(=O)O)n1C1CCSCC1. The first-order valence-electron chi connectivity index (χ1n) is 5.64. The Labute approximate surface area is 109 Å². The Morgan fingerprint density at radius 2 is 2.35 bits per heavy atom. The van der Waals surface area contributed by atoms with Crippen molar-refractivity contribution < 1.29 is 9.90 Å². The van der Waals surface area contributed by atoms with Crippen LogP contribution in [0.3, 0.4) is 0 Å². The van der Waals surface area contributed by atoms with Gasteiger partial charge < -0.3 is 9.67 Å². The predicted molar refractivity (Wildman–Crippen MR) is 70.9 cm³/mol. The van der Waals surface area contributed by atoms with Gasteiger partial charge in [0.05, 0.1) is 5.75 Å². The Morgan fingerprint density at radius 3 is 3.00 bits per heavy atom. The lowest BCUT2D eigenvalue weighted by molar-refractivity contribution is -0.133. The first-order chi connectivity index (χ1) is 8.18. The summed E-state index contributed by atoms with van der Waals surface area (Å²) in [6.45, 7) is 2.04. The summed E-state index contributed by atoms with van der Waals surface area (Å²) in [5, 5.41) is 9.57. The fourth-order valence-corrected chi connectivity index (χ4v) is 3.94. The topological polar surface area (TPSA) is 55.1 Å². The third-order valence-corrected chi connectivity index (χ3v) is 4.83. The van der Waals surface area contributed by atoms with Crippen LogP contribution in [0.2, 0.25) is 0 Å². The van der Waals surface area contributed by atoms with Gasteiger partial charge in [0.15, 0.2) is 5.16 Å². The van der Waals surface area contributed by atoms with Crippen LogP contribution >= 0.6 is 23.5 Å². The number of aryl methyl sites for hydroxylation is 1. The summed E-state index contributed by atoms with van der Waals surface area (Å²) in [5.74, 6) is 1.66. The second-order valence-electron chi connectivity index (χ2n) is 4.08. The smallest absolute Gasteiger partial charge is 0.313 e. The summed E-state index contributed by atoms with van der Waals surface area (Å²) in [6.07, 6.45) is 4.15. The first kappa shape index (κ1) is 12.8. The molecule has 4 nitrogen and oxygen atoms in total. The number of thioether (sulfide) groups is 2. The standard InChI is InChI=1S/C11H16N2O2S2/c1-8-6-12-11(17-7-10(14)15)13(8)9-2-4-16-5-3-9/h6,9H,2-5,7H2,1H3,(H,14,15). The summed E-state index contributed by atoms with van der Waals surface area (Å²) in [5.41, 5.74) is 1.13. The second-order valence-corrected chi connectivity index (χ2v) is 6.25. The number of hydrogen-bond acceptors (Lipinski definition) is 4. The maximum atomic E-state index is 10.6. The second kappa shape index (κ2) is 5.82. The number of carboxylic acid groups (broad SMARTS) is 1. The fraction of sp³-hybridized carbons (Fsp3) is 0.636. The molecular formula is C11H16N2O2S2. The minimum atomic E-state index is -0.790. The van der Waals surface area contributed by atoms with Gasteiger partial charge in [-0.15, -0.1) is 0 Å². The van der Waals surface area contributed by atoms with Gasteiger partial charge in [-0.25, -0.2) is 4.98 Å². The first-order valence-corrected chi connectivity index (χ1v) is 7.78. The van der Waals surface area contributed by atoms with E-state index >= 15 is 0 Å². The van der Waals surface area contributed by atoms with Crippen LogP contribution in [0.4, 0.5) is 0 Å². The summed E-state index contributed by atoms with van der Waals surface area (Å²) < 4.78 is 2.22. The van der Waals surface area contributed by atoms with Gasteiger partial charge in [0.1, 0.15) is 0 Å². The highest BCUT2D eigenvalue weighted by atomic mass is 32.2. The molecule has 1 aliphatic heterocycles. The molecule has 1 aliphatic rings. The number of aliphatic carboxylic acids is 1. The van der Waals surface area contributed by atoms with E-state index in [-0.39, 0.29) is 5.75 Å². The quantitative estimate of drug-likeness (QED) is 0.853. The predicted octanol–water partition coefficient (Wildman–Crippen LogP) is 2.44. The number of nitrogens with zero attached hydrogens (tertiary/aromatic N) is 2. The van der Waals surface area contributed by atoms with E-state index in [1.807, 2.05) is 24.9 Å². The molecule has 0 amide bonds. The highest BCUT2D eigenvalue weighted by Crippen LogP contribution is 2.32. The number of carboxylic acids is 1. The third kappa shape index (κ3) is 3.19. The Hall–Kier alpha value is -0.620. The van der Waals surface area contributed by atoms with Gasteiger partial charge in [-0.1, -0.05) is 11.8 Å². The summed E-state index contributed by atoms with van der Waals surface area (Å²) in [4.78, 5) is 14.9. The maximum Gasteiger partial charge on any atom is 0.313 e. The summed E-state index contributed by atoms with van der Waals surface area (Å²) in [7, 11) is 0. The van der Waals surface area contributed by atoms with Crippen LogP contribution in [0.5, 0.6) is 0 Å². The van der Waals surface area contributed by atoms with E-state index in [0.717, 1.165) is 23.7 Å². The van der Waals surface area contributed by atoms with Crippen LogP contribution in [0.1, 0.15) is 24.6 Å².